The maximum atomic E-state index is 3.38. The molecule has 0 heterocycles. The van der Waals surface area contributed by atoms with Gasteiger partial charge in [0.05, 0.1) is 0 Å². The van der Waals surface area contributed by atoms with E-state index in [1.165, 1.54) is 32.2 Å². The van der Waals surface area contributed by atoms with Gasteiger partial charge in [-0.3, -0.25) is 0 Å². The van der Waals surface area contributed by atoms with Gasteiger partial charge >= 0.3 is 0 Å². The van der Waals surface area contributed by atoms with Crippen LogP contribution in [-0.2, 0) is 0 Å². The van der Waals surface area contributed by atoms with Gasteiger partial charge in [-0.15, -0.1) is 0 Å². The molecule has 0 amide bonds. The van der Waals surface area contributed by atoms with Crippen molar-refractivity contribution in [2.45, 2.75) is 53.4 Å². The Morgan fingerprint density at radius 3 is 2.15 bits per heavy atom. The molecule has 0 spiro atoms. The minimum atomic E-state index is 0.889. The molecule has 1 N–H and O–H groups in total. The lowest BCUT2D eigenvalue weighted by molar-refractivity contribution is 0.371. The summed E-state index contributed by atoms with van der Waals surface area (Å²) in [4.78, 5) is 0. The Labute approximate surface area is 84.3 Å². The van der Waals surface area contributed by atoms with Crippen molar-refractivity contribution in [1.29, 1.82) is 0 Å². The molecule has 0 fully saturated rings. The molecule has 0 aliphatic carbocycles. The van der Waals surface area contributed by atoms with Crippen LogP contribution in [0.2, 0.25) is 0 Å². The van der Waals surface area contributed by atoms with Crippen molar-refractivity contribution in [3.63, 3.8) is 0 Å². The lowest BCUT2D eigenvalue weighted by atomic mass is 9.92. The number of hydrogen-bond acceptors (Lipinski definition) is 1. The second kappa shape index (κ2) is 8.55. The van der Waals surface area contributed by atoms with Gasteiger partial charge in [-0.25, -0.2) is 0 Å². The molecule has 0 aliphatic rings. The Morgan fingerprint density at radius 1 is 1.00 bits per heavy atom. The van der Waals surface area contributed by atoms with Crippen LogP contribution in [-0.4, -0.2) is 13.1 Å². The van der Waals surface area contributed by atoms with Crippen molar-refractivity contribution >= 4 is 0 Å². The molecule has 0 aromatic rings. The smallest absolute Gasteiger partial charge is 0.00465 e. The molecule has 2 atom stereocenters. The fourth-order valence-electron chi connectivity index (χ4n) is 1.94. The highest BCUT2D eigenvalue weighted by Crippen LogP contribution is 2.18. The third-order valence-corrected chi connectivity index (χ3v) is 2.65. The van der Waals surface area contributed by atoms with E-state index >= 15 is 0 Å². The summed E-state index contributed by atoms with van der Waals surface area (Å²) in [6, 6.07) is 0. The van der Waals surface area contributed by atoms with E-state index in [1.54, 1.807) is 0 Å². The number of nitrogens with one attached hydrogen (secondary N) is 1. The summed E-state index contributed by atoms with van der Waals surface area (Å²) in [5.41, 5.74) is 0. The van der Waals surface area contributed by atoms with Crippen LogP contribution in [0.15, 0.2) is 0 Å². The largest absolute Gasteiger partial charge is 0.317 e. The van der Waals surface area contributed by atoms with Crippen LogP contribution < -0.4 is 5.32 Å². The SMILES string of the molecule is CCCC(C)CC(C)CCNCC. The third-order valence-electron chi connectivity index (χ3n) is 2.65. The van der Waals surface area contributed by atoms with Gasteiger partial charge in [-0.1, -0.05) is 40.5 Å². The minimum absolute atomic E-state index is 0.889. The molecule has 0 aromatic heterocycles. The first-order valence-electron chi connectivity index (χ1n) is 5.91. The molecule has 0 radical (unpaired) electrons. The molecular weight excluding hydrogens is 158 g/mol. The molecule has 0 bridgehead atoms. The molecule has 0 saturated heterocycles. The normalized spacial score (nSPS) is 15.7. The maximum absolute atomic E-state index is 3.38. The molecular formula is C12H27N. The Morgan fingerprint density at radius 2 is 1.62 bits per heavy atom. The fourth-order valence-corrected chi connectivity index (χ4v) is 1.94. The summed E-state index contributed by atoms with van der Waals surface area (Å²) >= 11 is 0. The molecule has 0 aliphatic heterocycles. The summed E-state index contributed by atoms with van der Waals surface area (Å²) in [5, 5.41) is 3.38. The first kappa shape index (κ1) is 13.0. The first-order chi connectivity index (χ1) is 6.20. The quantitative estimate of drug-likeness (QED) is 0.571. The summed E-state index contributed by atoms with van der Waals surface area (Å²) in [5.74, 6) is 1.81. The number of hydrogen-bond donors (Lipinski definition) is 1. The predicted molar refractivity (Wildman–Crippen MR) is 61.0 cm³/mol. The molecule has 80 valence electrons. The van der Waals surface area contributed by atoms with Gasteiger partial charge in [0, 0.05) is 0 Å². The van der Waals surface area contributed by atoms with Crippen LogP contribution >= 0.6 is 0 Å². The molecule has 0 aromatic carbocycles. The molecule has 2 unspecified atom stereocenters. The minimum Gasteiger partial charge on any atom is -0.317 e. The Bertz CT molecular complexity index is 101. The Kier molecular flexibility index (Phi) is 8.53. The average Bonchev–Trinajstić information content (AvgIpc) is 2.05. The van der Waals surface area contributed by atoms with Gasteiger partial charge in [0.15, 0.2) is 0 Å². The highest BCUT2D eigenvalue weighted by atomic mass is 14.8. The van der Waals surface area contributed by atoms with Crippen molar-refractivity contribution in [2.24, 2.45) is 11.8 Å². The van der Waals surface area contributed by atoms with Gasteiger partial charge < -0.3 is 5.32 Å². The van der Waals surface area contributed by atoms with Crippen LogP contribution in [0.3, 0.4) is 0 Å². The molecule has 0 saturated carbocycles. The van der Waals surface area contributed by atoms with Crippen molar-refractivity contribution in [3.8, 4) is 0 Å². The fraction of sp³-hybridized carbons (Fsp3) is 1.00. The van der Waals surface area contributed by atoms with E-state index in [9.17, 15) is 0 Å². The standard InChI is InChI=1S/C12H27N/c1-5-7-11(3)10-12(4)8-9-13-6-2/h11-13H,5-10H2,1-4H3. The summed E-state index contributed by atoms with van der Waals surface area (Å²) in [6.07, 6.45) is 5.47. The van der Waals surface area contributed by atoms with E-state index < -0.39 is 0 Å². The van der Waals surface area contributed by atoms with E-state index in [-0.39, 0.29) is 0 Å². The number of rotatable bonds is 8. The van der Waals surface area contributed by atoms with Crippen LogP contribution in [0.25, 0.3) is 0 Å². The van der Waals surface area contributed by atoms with Crippen molar-refractivity contribution in [3.05, 3.63) is 0 Å². The van der Waals surface area contributed by atoms with Gasteiger partial charge in [-0.05, 0) is 37.8 Å². The lowest BCUT2D eigenvalue weighted by Crippen LogP contribution is -2.17. The summed E-state index contributed by atoms with van der Waals surface area (Å²) in [7, 11) is 0. The molecule has 13 heavy (non-hydrogen) atoms. The summed E-state index contributed by atoms with van der Waals surface area (Å²) in [6.45, 7) is 11.5. The van der Waals surface area contributed by atoms with Crippen molar-refractivity contribution in [1.82, 2.24) is 5.32 Å². The second-order valence-corrected chi connectivity index (χ2v) is 4.38. The molecule has 0 rings (SSSR count). The van der Waals surface area contributed by atoms with Crippen LogP contribution in [0.4, 0.5) is 0 Å². The van der Waals surface area contributed by atoms with Gasteiger partial charge in [-0.2, -0.15) is 0 Å². The van der Waals surface area contributed by atoms with Gasteiger partial charge in [0.25, 0.3) is 0 Å². The zero-order chi connectivity index (χ0) is 10.1. The Balaban J connectivity index is 3.32. The third kappa shape index (κ3) is 8.29. The van der Waals surface area contributed by atoms with Gasteiger partial charge in [0.2, 0.25) is 0 Å². The van der Waals surface area contributed by atoms with E-state index in [0.29, 0.717) is 0 Å². The topological polar surface area (TPSA) is 12.0 Å². The molecule has 1 heteroatoms. The maximum Gasteiger partial charge on any atom is -0.00465 e. The van der Waals surface area contributed by atoms with E-state index in [4.69, 9.17) is 0 Å². The van der Waals surface area contributed by atoms with Crippen LogP contribution in [0, 0.1) is 11.8 Å². The van der Waals surface area contributed by atoms with E-state index in [2.05, 4.69) is 33.0 Å². The van der Waals surface area contributed by atoms with E-state index in [1.807, 2.05) is 0 Å². The highest BCUT2D eigenvalue weighted by Gasteiger charge is 2.07. The molecule has 1 nitrogen and oxygen atoms in total. The van der Waals surface area contributed by atoms with Gasteiger partial charge in [0.1, 0.15) is 0 Å². The summed E-state index contributed by atoms with van der Waals surface area (Å²) < 4.78 is 0. The predicted octanol–water partition coefficient (Wildman–Crippen LogP) is 3.45. The van der Waals surface area contributed by atoms with Crippen molar-refractivity contribution in [2.75, 3.05) is 13.1 Å². The van der Waals surface area contributed by atoms with Crippen LogP contribution in [0.1, 0.15) is 53.4 Å². The van der Waals surface area contributed by atoms with Crippen LogP contribution in [0.5, 0.6) is 0 Å². The Hall–Kier alpha value is -0.0400. The average molecular weight is 185 g/mol. The highest BCUT2D eigenvalue weighted by molar-refractivity contribution is 4.60. The lowest BCUT2D eigenvalue weighted by Gasteiger charge is -2.16. The monoisotopic (exact) mass is 185 g/mol. The first-order valence-corrected chi connectivity index (χ1v) is 5.91. The zero-order valence-electron chi connectivity index (χ0n) is 9.90. The van der Waals surface area contributed by atoms with E-state index in [0.717, 1.165) is 18.4 Å². The van der Waals surface area contributed by atoms with Crippen molar-refractivity contribution < 1.29 is 0 Å². The zero-order valence-corrected chi connectivity index (χ0v) is 9.90. The second-order valence-electron chi connectivity index (χ2n) is 4.38.